The number of hydrogen-bond acceptors (Lipinski definition) is 5. The lowest BCUT2D eigenvalue weighted by Gasteiger charge is -2.35. The number of carbonyl (C=O) groups is 1. The molecule has 1 saturated heterocycles. The van der Waals surface area contributed by atoms with E-state index in [1.54, 1.807) is 4.90 Å². The second-order valence-corrected chi connectivity index (χ2v) is 9.07. The van der Waals surface area contributed by atoms with Crippen LogP contribution in [0.3, 0.4) is 0 Å². The number of rotatable bonds is 6. The van der Waals surface area contributed by atoms with Crippen LogP contribution in [-0.4, -0.2) is 90.5 Å². The second kappa shape index (κ2) is 11.6. The third-order valence-electron chi connectivity index (χ3n) is 5.31. The van der Waals surface area contributed by atoms with Gasteiger partial charge in [-0.1, -0.05) is 0 Å². The molecule has 168 valence electrons. The van der Waals surface area contributed by atoms with Gasteiger partial charge in [0.25, 0.3) is 0 Å². The SMILES string of the molecule is CCNC(=NCCCN1CCN(C(=O)OC(C)(C)C)CC1)NC1CCC(O)CC1. The quantitative estimate of drug-likeness (QED) is 0.351. The summed E-state index contributed by atoms with van der Waals surface area (Å²) >= 11 is 0. The third-order valence-corrected chi connectivity index (χ3v) is 5.31. The topological polar surface area (TPSA) is 89.4 Å². The lowest BCUT2D eigenvalue weighted by molar-refractivity contribution is 0.0145. The van der Waals surface area contributed by atoms with Gasteiger partial charge in [0.15, 0.2) is 5.96 Å². The first-order chi connectivity index (χ1) is 13.8. The van der Waals surface area contributed by atoms with E-state index in [9.17, 15) is 9.90 Å². The van der Waals surface area contributed by atoms with Crippen LogP contribution in [-0.2, 0) is 4.74 Å². The molecule has 1 amide bonds. The zero-order valence-electron chi connectivity index (χ0n) is 18.7. The standard InChI is InChI=1S/C21H41N5O3/c1-5-22-19(24-17-7-9-18(27)10-8-17)23-11-6-12-25-13-15-26(16-14-25)20(28)29-21(2,3)4/h17-18,27H,5-16H2,1-4H3,(H2,22,23,24). The highest BCUT2D eigenvalue weighted by atomic mass is 16.6. The summed E-state index contributed by atoms with van der Waals surface area (Å²) in [6, 6.07) is 0.400. The summed E-state index contributed by atoms with van der Waals surface area (Å²) in [4.78, 5) is 21.0. The number of carbonyl (C=O) groups excluding carboxylic acids is 1. The number of ether oxygens (including phenoxy) is 1. The minimum atomic E-state index is -0.443. The van der Waals surface area contributed by atoms with E-state index >= 15 is 0 Å². The highest BCUT2D eigenvalue weighted by Crippen LogP contribution is 2.18. The van der Waals surface area contributed by atoms with Gasteiger partial charge in [0.05, 0.1) is 6.10 Å². The van der Waals surface area contributed by atoms with Gasteiger partial charge in [0.1, 0.15) is 5.60 Å². The molecule has 0 bridgehead atoms. The van der Waals surface area contributed by atoms with Gasteiger partial charge in [-0.05, 0) is 59.8 Å². The number of aliphatic hydroxyl groups is 1. The summed E-state index contributed by atoms with van der Waals surface area (Å²) < 4.78 is 5.45. The smallest absolute Gasteiger partial charge is 0.410 e. The van der Waals surface area contributed by atoms with Gasteiger partial charge >= 0.3 is 6.09 Å². The maximum absolute atomic E-state index is 12.1. The van der Waals surface area contributed by atoms with Crippen molar-refractivity contribution in [1.82, 2.24) is 20.4 Å². The molecule has 8 heteroatoms. The van der Waals surface area contributed by atoms with Gasteiger partial charge in [-0.2, -0.15) is 0 Å². The van der Waals surface area contributed by atoms with Gasteiger partial charge in [-0.15, -0.1) is 0 Å². The molecule has 2 fully saturated rings. The maximum atomic E-state index is 12.1. The lowest BCUT2D eigenvalue weighted by atomic mass is 9.93. The van der Waals surface area contributed by atoms with E-state index in [-0.39, 0.29) is 12.2 Å². The van der Waals surface area contributed by atoms with Crippen molar-refractivity contribution in [2.45, 2.75) is 77.5 Å². The maximum Gasteiger partial charge on any atom is 0.410 e. The van der Waals surface area contributed by atoms with E-state index in [0.717, 1.165) is 83.9 Å². The Morgan fingerprint density at radius 1 is 1.14 bits per heavy atom. The summed E-state index contributed by atoms with van der Waals surface area (Å²) in [5.41, 5.74) is -0.443. The van der Waals surface area contributed by atoms with Crippen molar-refractivity contribution in [1.29, 1.82) is 0 Å². The molecule has 0 atom stereocenters. The van der Waals surface area contributed by atoms with Gasteiger partial charge < -0.3 is 25.4 Å². The first-order valence-electron chi connectivity index (χ1n) is 11.2. The molecule has 1 aliphatic carbocycles. The number of hydrogen-bond donors (Lipinski definition) is 3. The molecule has 0 spiro atoms. The normalized spacial score (nSPS) is 24.3. The van der Waals surface area contributed by atoms with Crippen LogP contribution in [0.4, 0.5) is 4.79 Å². The van der Waals surface area contributed by atoms with E-state index in [2.05, 4.69) is 22.5 Å². The molecule has 0 unspecified atom stereocenters. The average Bonchev–Trinajstić information content (AvgIpc) is 2.66. The van der Waals surface area contributed by atoms with Crippen molar-refractivity contribution in [3.05, 3.63) is 0 Å². The molecule has 2 rings (SSSR count). The number of nitrogens with one attached hydrogen (secondary N) is 2. The molecule has 8 nitrogen and oxygen atoms in total. The predicted molar refractivity (Wildman–Crippen MR) is 116 cm³/mol. The van der Waals surface area contributed by atoms with Gasteiger partial charge in [-0.3, -0.25) is 9.89 Å². The molecule has 2 aliphatic rings. The van der Waals surface area contributed by atoms with Crippen molar-refractivity contribution in [2.75, 3.05) is 45.8 Å². The molecule has 1 saturated carbocycles. The minimum absolute atomic E-state index is 0.136. The Balaban J connectivity index is 1.66. The van der Waals surface area contributed by atoms with E-state index in [4.69, 9.17) is 9.73 Å². The minimum Gasteiger partial charge on any atom is -0.444 e. The largest absolute Gasteiger partial charge is 0.444 e. The van der Waals surface area contributed by atoms with Crippen molar-refractivity contribution in [2.24, 2.45) is 4.99 Å². The molecule has 1 heterocycles. The van der Waals surface area contributed by atoms with Crippen LogP contribution >= 0.6 is 0 Å². The van der Waals surface area contributed by atoms with E-state index < -0.39 is 5.60 Å². The molecule has 0 aromatic rings. The van der Waals surface area contributed by atoms with E-state index in [0.29, 0.717) is 6.04 Å². The number of amides is 1. The molecule has 1 aliphatic heterocycles. The van der Waals surface area contributed by atoms with Crippen LogP contribution in [0.25, 0.3) is 0 Å². The second-order valence-electron chi connectivity index (χ2n) is 9.07. The summed E-state index contributed by atoms with van der Waals surface area (Å²) in [7, 11) is 0. The van der Waals surface area contributed by atoms with Gasteiger partial charge in [-0.25, -0.2) is 4.79 Å². The Labute approximate surface area is 176 Å². The van der Waals surface area contributed by atoms with E-state index in [1.807, 2.05) is 20.8 Å². The predicted octanol–water partition coefficient (Wildman–Crippen LogP) is 1.79. The van der Waals surface area contributed by atoms with Crippen molar-refractivity contribution in [3.8, 4) is 0 Å². The van der Waals surface area contributed by atoms with Crippen LogP contribution < -0.4 is 10.6 Å². The fourth-order valence-electron chi connectivity index (χ4n) is 3.70. The average molecular weight is 412 g/mol. The molecular weight excluding hydrogens is 370 g/mol. The zero-order chi connectivity index (χ0) is 21.3. The molecular formula is C21H41N5O3. The number of guanidine groups is 1. The van der Waals surface area contributed by atoms with Gasteiger partial charge in [0, 0.05) is 51.9 Å². The number of nitrogens with zero attached hydrogens (tertiary/aromatic N) is 3. The first kappa shape index (κ1) is 23.7. The van der Waals surface area contributed by atoms with Crippen LogP contribution in [0.1, 0.15) is 59.8 Å². The highest BCUT2D eigenvalue weighted by molar-refractivity contribution is 5.80. The lowest BCUT2D eigenvalue weighted by Crippen LogP contribution is -2.50. The fourth-order valence-corrected chi connectivity index (χ4v) is 3.70. The molecule has 0 aromatic heterocycles. The Morgan fingerprint density at radius 3 is 2.38 bits per heavy atom. The molecule has 0 aromatic carbocycles. The number of aliphatic imine (C=N–C) groups is 1. The summed E-state index contributed by atoms with van der Waals surface area (Å²) in [6.45, 7) is 13.6. The monoisotopic (exact) mass is 411 g/mol. The fraction of sp³-hybridized carbons (Fsp3) is 0.905. The molecule has 0 radical (unpaired) electrons. The van der Waals surface area contributed by atoms with Crippen molar-refractivity contribution >= 4 is 12.1 Å². The Bertz CT molecular complexity index is 519. The Morgan fingerprint density at radius 2 is 1.79 bits per heavy atom. The zero-order valence-corrected chi connectivity index (χ0v) is 18.7. The summed E-state index contributed by atoms with van der Waals surface area (Å²) in [5, 5.41) is 16.5. The number of aliphatic hydroxyl groups excluding tert-OH is 1. The molecule has 29 heavy (non-hydrogen) atoms. The van der Waals surface area contributed by atoms with E-state index in [1.165, 1.54) is 0 Å². The number of piperazine rings is 1. The summed E-state index contributed by atoms with van der Waals surface area (Å²) in [5.74, 6) is 0.878. The van der Waals surface area contributed by atoms with Crippen molar-refractivity contribution in [3.63, 3.8) is 0 Å². The molecule has 3 N–H and O–H groups in total. The summed E-state index contributed by atoms with van der Waals surface area (Å²) in [6.07, 6.45) is 4.37. The third kappa shape index (κ3) is 9.21. The Kier molecular flexibility index (Phi) is 9.49. The van der Waals surface area contributed by atoms with Crippen molar-refractivity contribution < 1.29 is 14.6 Å². The first-order valence-corrected chi connectivity index (χ1v) is 11.2. The van der Waals surface area contributed by atoms with Crippen LogP contribution in [0, 0.1) is 0 Å². The van der Waals surface area contributed by atoms with Crippen LogP contribution in [0.5, 0.6) is 0 Å². The Hall–Kier alpha value is -1.54. The van der Waals surface area contributed by atoms with Crippen LogP contribution in [0.2, 0.25) is 0 Å². The van der Waals surface area contributed by atoms with Gasteiger partial charge in [0.2, 0.25) is 0 Å². The highest BCUT2D eigenvalue weighted by Gasteiger charge is 2.25. The van der Waals surface area contributed by atoms with Crippen LogP contribution in [0.15, 0.2) is 4.99 Å².